The van der Waals surface area contributed by atoms with E-state index < -0.39 is 22.0 Å². The van der Waals surface area contributed by atoms with Crippen LogP contribution in [0, 0.1) is 0 Å². The molecule has 0 spiro atoms. The van der Waals surface area contributed by atoms with Gasteiger partial charge < -0.3 is 24.4 Å². The van der Waals surface area contributed by atoms with E-state index in [9.17, 15) is 18.0 Å². The Balaban J connectivity index is 1.22. The highest BCUT2D eigenvalue weighted by Crippen LogP contribution is 2.34. The Morgan fingerprint density at radius 3 is 2.49 bits per heavy atom. The summed E-state index contributed by atoms with van der Waals surface area (Å²) in [6.07, 6.45) is -0.238. The van der Waals surface area contributed by atoms with Crippen molar-refractivity contribution in [1.29, 1.82) is 0 Å². The van der Waals surface area contributed by atoms with Crippen molar-refractivity contribution in [2.75, 3.05) is 50.9 Å². The molecule has 3 aromatic rings. The Hall–Kier alpha value is -3.64. The monoisotopic (exact) mass is 599 g/mol. The number of nitrogens with zero attached hydrogens (tertiary/aromatic N) is 2. The molecule has 12 heteroatoms. The number of rotatable bonds is 9. The lowest BCUT2D eigenvalue weighted by atomic mass is 10.1. The van der Waals surface area contributed by atoms with Gasteiger partial charge in [-0.3, -0.25) is 9.59 Å². The normalized spacial score (nSPS) is 17.3. The third kappa shape index (κ3) is 6.82. The van der Waals surface area contributed by atoms with Crippen LogP contribution in [-0.4, -0.2) is 76.6 Å². The number of sulfonamides is 1. The fraction of sp³-hybridized carbons (Fsp3) is 0.310. The van der Waals surface area contributed by atoms with Gasteiger partial charge in [-0.15, -0.1) is 0 Å². The number of anilines is 1. The summed E-state index contributed by atoms with van der Waals surface area (Å²) in [5, 5.41) is 2.95. The molecule has 2 aliphatic rings. The maximum absolute atomic E-state index is 13.3. The molecule has 0 aromatic heterocycles. The molecule has 1 fully saturated rings. The molecule has 0 radical (unpaired) electrons. The Morgan fingerprint density at radius 2 is 1.73 bits per heavy atom. The summed E-state index contributed by atoms with van der Waals surface area (Å²) in [6.45, 7) is 1.23. The maximum atomic E-state index is 13.3. The van der Waals surface area contributed by atoms with Gasteiger partial charge in [0.1, 0.15) is 11.5 Å². The minimum Gasteiger partial charge on any atom is -0.482 e. The summed E-state index contributed by atoms with van der Waals surface area (Å²) in [6, 6.07) is 20.9. The second kappa shape index (κ2) is 12.9. The molecule has 2 heterocycles. The minimum absolute atomic E-state index is 0.000833. The van der Waals surface area contributed by atoms with Crippen LogP contribution in [0.15, 0.2) is 77.7 Å². The smallest absolute Gasteiger partial charge is 0.265 e. The lowest BCUT2D eigenvalue weighted by Gasteiger charge is -2.34. The molecule has 3 aromatic carbocycles. The molecule has 2 amide bonds. The fourth-order valence-corrected chi connectivity index (χ4v) is 6.34. The molecule has 1 saturated heterocycles. The van der Waals surface area contributed by atoms with Gasteiger partial charge in [0.2, 0.25) is 10.0 Å². The molecule has 0 aliphatic carbocycles. The Kier molecular flexibility index (Phi) is 9.09. The van der Waals surface area contributed by atoms with E-state index in [1.807, 2.05) is 30.3 Å². The first-order valence-corrected chi connectivity index (χ1v) is 15.0. The fourth-order valence-electron chi connectivity index (χ4n) is 4.61. The number of amides is 2. The molecule has 41 heavy (non-hydrogen) atoms. The van der Waals surface area contributed by atoms with Gasteiger partial charge in [0.05, 0.1) is 35.4 Å². The highest BCUT2D eigenvalue weighted by atomic mass is 35.5. The molecule has 0 saturated carbocycles. The number of halogens is 1. The number of carbonyl (C=O) groups excluding carboxylic acids is 2. The first kappa shape index (κ1) is 28.9. The molecular formula is C29H30ClN3O7S. The summed E-state index contributed by atoms with van der Waals surface area (Å²) in [4.78, 5) is 27.7. The van der Waals surface area contributed by atoms with E-state index in [1.165, 1.54) is 27.4 Å². The molecule has 0 bridgehead atoms. The van der Waals surface area contributed by atoms with Crippen molar-refractivity contribution in [3.8, 4) is 11.5 Å². The molecule has 2 aliphatic heterocycles. The van der Waals surface area contributed by atoms with Crippen LogP contribution < -0.4 is 19.7 Å². The number of benzene rings is 3. The Morgan fingerprint density at radius 1 is 1.00 bits per heavy atom. The number of para-hydroxylation sites is 2. The lowest BCUT2D eigenvalue weighted by molar-refractivity contribution is -0.128. The SMILES string of the molecule is O=C(NCCc1ccccc1)C1CN(C(=O)COc2ccc(S(=O)(=O)N3CCOCC3)cc2Cl)c2ccccc2O1. The predicted octanol–water partition coefficient (Wildman–Crippen LogP) is 2.89. The zero-order valence-corrected chi connectivity index (χ0v) is 23.8. The van der Waals surface area contributed by atoms with Gasteiger partial charge in [-0.1, -0.05) is 54.1 Å². The largest absolute Gasteiger partial charge is 0.482 e. The van der Waals surface area contributed by atoms with Crippen LogP contribution in [0.1, 0.15) is 5.56 Å². The van der Waals surface area contributed by atoms with Crippen LogP contribution in [0.25, 0.3) is 0 Å². The molecule has 1 unspecified atom stereocenters. The Labute approximate surface area is 243 Å². The van der Waals surface area contributed by atoms with E-state index in [2.05, 4.69) is 5.32 Å². The van der Waals surface area contributed by atoms with Crippen LogP contribution in [0.2, 0.25) is 5.02 Å². The molecular weight excluding hydrogens is 570 g/mol. The van der Waals surface area contributed by atoms with Gasteiger partial charge in [0, 0.05) is 19.6 Å². The third-order valence-corrected chi connectivity index (χ3v) is 8.98. The number of nitrogens with one attached hydrogen (secondary N) is 1. The van der Waals surface area contributed by atoms with Crippen LogP contribution in [0.4, 0.5) is 5.69 Å². The highest BCUT2D eigenvalue weighted by molar-refractivity contribution is 7.89. The van der Waals surface area contributed by atoms with Gasteiger partial charge in [-0.05, 0) is 42.3 Å². The average molecular weight is 600 g/mol. The van der Waals surface area contributed by atoms with Crippen molar-refractivity contribution in [3.05, 3.63) is 83.4 Å². The van der Waals surface area contributed by atoms with E-state index in [-0.39, 0.29) is 47.8 Å². The number of ether oxygens (including phenoxy) is 3. The summed E-state index contributed by atoms with van der Waals surface area (Å²) >= 11 is 6.35. The van der Waals surface area contributed by atoms with Gasteiger partial charge in [-0.2, -0.15) is 4.31 Å². The zero-order valence-electron chi connectivity index (χ0n) is 22.2. The maximum Gasteiger partial charge on any atom is 0.265 e. The van der Waals surface area contributed by atoms with E-state index in [0.717, 1.165) is 5.56 Å². The van der Waals surface area contributed by atoms with Gasteiger partial charge in [0.25, 0.3) is 11.8 Å². The number of fused-ring (bicyclic) bond motifs is 1. The van der Waals surface area contributed by atoms with Crippen LogP contribution in [-0.2, 0) is 30.8 Å². The lowest BCUT2D eigenvalue weighted by Crippen LogP contribution is -2.52. The van der Waals surface area contributed by atoms with Gasteiger partial charge in [0.15, 0.2) is 12.7 Å². The van der Waals surface area contributed by atoms with Crippen molar-refractivity contribution in [1.82, 2.24) is 9.62 Å². The molecule has 10 nitrogen and oxygen atoms in total. The summed E-state index contributed by atoms with van der Waals surface area (Å²) in [5.41, 5.74) is 1.62. The summed E-state index contributed by atoms with van der Waals surface area (Å²) in [5.74, 6) is -0.165. The Bertz CT molecular complexity index is 1500. The first-order chi connectivity index (χ1) is 19.8. The van der Waals surface area contributed by atoms with Gasteiger partial charge >= 0.3 is 0 Å². The third-order valence-electron chi connectivity index (χ3n) is 6.79. The number of hydrogen-bond acceptors (Lipinski definition) is 7. The van der Waals surface area contributed by atoms with E-state index in [1.54, 1.807) is 24.3 Å². The van der Waals surface area contributed by atoms with Crippen LogP contribution in [0.5, 0.6) is 11.5 Å². The van der Waals surface area contributed by atoms with Crippen LogP contribution in [0.3, 0.4) is 0 Å². The quantitative estimate of drug-likeness (QED) is 0.402. The number of morpholine rings is 1. The van der Waals surface area contributed by atoms with Crippen LogP contribution >= 0.6 is 11.6 Å². The second-order valence-electron chi connectivity index (χ2n) is 9.50. The predicted molar refractivity (Wildman–Crippen MR) is 153 cm³/mol. The number of hydrogen-bond donors (Lipinski definition) is 1. The van der Waals surface area contributed by atoms with Crippen molar-refractivity contribution in [3.63, 3.8) is 0 Å². The van der Waals surface area contributed by atoms with E-state index in [4.69, 9.17) is 25.8 Å². The van der Waals surface area contributed by atoms with Crippen molar-refractivity contribution >= 4 is 39.1 Å². The topological polar surface area (TPSA) is 114 Å². The summed E-state index contributed by atoms with van der Waals surface area (Å²) < 4.78 is 44.1. The zero-order chi connectivity index (χ0) is 28.8. The summed E-state index contributed by atoms with van der Waals surface area (Å²) in [7, 11) is -3.73. The standard InChI is InChI=1S/C29H30ClN3O7S/c30-23-18-22(41(36,37)32-14-16-38-17-15-32)10-11-25(23)39-20-28(34)33-19-27(40-26-9-5-4-8-24(26)33)29(35)31-13-12-21-6-2-1-3-7-21/h1-11,18,27H,12-17,19-20H2,(H,31,35). The van der Waals surface area contributed by atoms with Crippen molar-refractivity contribution in [2.45, 2.75) is 17.4 Å². The first-order valence-electron chi connectivity index (χ1n) is 13.2. The molecule has 216 valence electrons. The average Bonchev–Trinajstić information content (AvgIpc) is 3.00. The number of carbonyl (C=O) groups is 2. The molecule has 1 atom stereocenters. The minimum atomic E-state index is -3.73. The van der Waals surface area contributed by atoms with Gasteiger partial charge in [-0.25, -0.2) is 8.42 Å². The highest BCUT2D eigenvalue weighted by Gasteiger charge is 2.34. The van der Waals surface area contributed by atoms with E-state index >= 15 is 0 Å². The second-order valence-corrected chi connectivity index (χ2v) is 11.8. The van der Waals surface area contributed by atoms with Crippen molar-refractivity contribution < 1.29 is 32.2 Å². The molecule has 1 N–H and O–H groups in total. The molecule has 5 rings (SSSR count). The van der Waals surface area contributed by atoms with E-state index in [0.29, 0.717) is 37.6 Å². The van der Waals surface area contributed by atoms with Crippen molar-refractivity contribution in [2.24, 2.45) is 0 Å².